The van der Waals surface area contributed by atoms with Gasteiger partial charge < -0.3 is 5.73 Å². The summed E-state index contributed by atoms with van der Waals surface area (Å²) in [6, 6.07) is 1.98. The van der Waals surface area contributed by atoms with Crippen molar-refractivity contribution in [3.63, 3.8) is 0 Å². The van der Waals surface area contributed by atoms with Crippen LogP contribution in [0.25, 0.3) is 0 Å². The third-order valence-corrected chi connectivity index (χ3v) is 2.09. The molecule has 6 nitrogen and oxygen atoms in total. The molecule has 0 bridgehead atoms. The quantitative estimate of drug-likeness (QED) is 0.749. The molecule has 0 heterocycles. The topological polar surface area (TPSA) is 92.5 Å². The summed E-state index contributed by atoms with van der Waals surface area (Å²) in [5.41, 5.74) is 6.32. The highest BCUT2D eigenvalue weighted by Crippen LogP contribution is 2.16. The Balaban J connectivity index is 3.13. The first-order valence-corrected chi connectivity index (χ1v) is 5.07. The summed E-state index contributed by atoms with van der Waals surface area (Å²) >= 11 is 5.61. The lowest BCUT2D eigenvalue weighted by atomic mass is 10.2. The lowest BCUT2D eigenvalue weighted by Gasteiger charge is -2.18. The average Bonchev–Trinajstić information content (AvgIpc) is 2.27. The summed E-state index contributed by atoms with van der Waals surface area (Å²) in [7, 11) is 0. The number of halogens is 2. The Labute approximate surface area is 106 Å². The van der Waals surface area contributed by atoms with Gasteiger partial charge in [-0.1, -0.05) is 11.6 Å². The minimum atomic E-state index is -1.24. The summed E-state index contributed by atoms with van der Waals surface area (Å²) in [6.45, 7) is 1.07. The van der Waals surface area contributed by atoms with Crippen molar-refractivity contribution in [2.75, 3.05) is 0 Å². The summed E-state index contributed by atoms with van der Waals surface area (Å²) in [4.78, 5) is 33.6. The maximum absolute atomic E-state index is 13.4. The second-order valence-corrected chi connectivity index (χ2v) is 3.71. The monoisotopic (exact) mass is 273 g/mol. The molecule has 0 aliphatic carbocycles. The number of nitrogens with two attached hydrogens (primary N) is 1. The van der Waals surface area contributed by atoms with Gasteiger partial charge in [0.2, 0.25) is 5.91 Å². The molecule has 0 saturated carbocycles. The molecule has 96 valence electrons. The van der Waals surface area contributed by atoms with Gasteiger partial charge >= 0.3 is 6.03 Å². The van der Waals surface area contributed by atoms with E-state index in [-0.39, 0.29) is 10.0 Å². The van der Waals surface area contributed by atoms with E-state index in [9.17, 15) is 18.8 Å². The molecule has 0 unspecified atom stereocenters. The van der Waals surface area contributed by atoms with Crippen molar-refractivity contribution in [3.8, 4) is 0 Å². The number of carbonyl (C=O) groups excluding carboxylic acids is 3. The van der Waals surface area contributed by atoms with Crippen molar-refractivity contribution in [2.45, 2.75) is 6.92 Å². The molecule has 3 N–H and O–H groups in total. The van der Waals surface area contributed by atoms with E-state index in [4.69, 9.17) is 17.3 Å². The largest absolute Gasteiger partial charge is 0.350 e. The van der Waals surface area contributed by atoms with Crippen molar-refractivity contribution >= 4 is 29.4 Å². The normalized spacial score (nSPS) is 9.72. The smallest absolute Gasteiger partial charge is 0.341 e. The molecule has 0 atom stereocenters. The highest BCUT2D eigenvalue weighted by atomic mass is 35.5. The fourth-order valence-electron chi connectivity index (χ4n) is 1.15. The molecule has 0 fully saturated rings. The predicted octanol–water partition coefficient (Wildman–Crippen LogP) is 1.05. The second-order valence-electron chi connectivity index (χ2n) is 3.27. The lowest BCUT2D eigenvalue weighted by Crippen LogP contribution is -2.51. The Bertz CT molecular complexity index is 521. The maximum Gasteiger partial charge on any atom is 0.341 e. The van der Waals surface area contributed by atoms with E-state index in [1.54, 1.807) is 0 Å². The molecule has 0 aromatic heterocycles. The van der Waals surface area contributed by atoms with Crippen LogP contribution in [0.4, 0.5) is 9.18 Å². The fourth-order valence-corrected chi connectivity index (χ4v) is 1.32. The van der Waals surface area contributed by atoms with Gasteiger partial charge in [0, 0.05) is 11.9 Å². The second kappa shape index (κ2) is 5.46. The number of hydrogen-bond acceptors (Lipinski definition) is 3. The molecular formula is C10H9ClFN3O3. The molecule has 0 aliphatic rings. The Kier molecular flexibility index (Phi) is 4.22. The van der Waals surface area contributed by atoms with Crippen LogP contribution in [-0.4, -0.2) is 22.9 Å². The van der Waals surface area contributed by atoms with Gasteiger partial charge in [-0.25, -0.2) is 9.18 Å². The number of nitrogens with one attached hydrogen (secondary N) is 1. The number of carbonyl (C=O) groups is 3. The highest BCUT2D eigenvalue weighted by Gasteiger charge is 2.24. The van der Waals surface area contributed by atoms with Crippen LogP contribution in [0, 0.1) is 5.82 Å². The van der Waals surface area contributed by atoms with Crippen molar-refractivity contribution in [3.05, 3.63) is 34.6 Å². The van der Waals surface area contributed by atoms with Gasteiger partial charge in [-0.05, 0) is 18.2 Å². The summed E-state index contributed by atoms with van der Waals surface area (Å²) in [5, 5.41) is 0.309. The van der Waals surface area contributed by atoms with Gasteiger partial charge in [0.05, 0.1) is 5.56 Å². The predicted molar refractivity (Wildman–Crippen MR) is 61.0 cm³/mol. The number of urea groups is 1. The van der Waals surface area contributed by atoms with E-state index < -0.39 is 29.2 Å². The van der Waals surface area contributed by atoms with Gasteiger partial charge in [-0.3, -0.25) is 15.0 Å². The van der Waals surface area contributed by atoms with E-state index in [0.29, 0.717) is 0 Å². The van der Waals surface area contributed by atoms with Gasteiger partial charge in [-0.15, -0.1) is 0 Å². The standard InChI is InChI=1S/C10H9ClFN3O3/c1-5(16)14-15(10(13)18)9(17)7-4-6(11)2-3-8(7)12/h2-4H,1H3,(H2,13,18)(H,14,16). The van der Waals surface area contributed by atoms with Crippen LogP contribution in [0.5, 0.6) is 0 Å². The Morgan fingerprint density at radius 2 is 2.00 bits per heavy atom. The number of imide groups is 1. The van der Waals surface area contributed by atoms with Crippen LogP contribution >= 0.6 is 11.6 Å². The molecule has 0 radical (unpaired) electrons. The summed E-state index contributed by atoms with van der Waals surface area (Å²) in [5.74, 6) is -2.71. The zero-order valence-electron chi connectivity index (χ0n) is 9.24. The average molecular weight is 274 g/mol. The van der Waals surface area contributed by atoms with E-state index in [1.807, 2.05) is 5.43 Å². The molecule has 0 saturated heterocycles. The van der Waals surface area contributed by atoms with E-state index >= 15 is 0 Å². The number of benzene rings is 1. The Morgan fingerprint density at radius 3 is 2.50 bits per heavy atom. The van der Waals surface area contributed by atoms with Crippen molar-refractivity contribution < 1.29 is 18.8 Å². The third-order valence-electron chi connectivity index (χ3n) is 1.85. The van der Waals surface area contributed by atoms with Gasteiger partial charge in [-0.2, -0.15) is 5.01 Å². The van der Waals surface area contributed by atoms with E-state index in [1.165, 1.54) is 6.07 Å². The maximum atomic E-state index is 13.4. The Morgan fingerprint density at radius 1 is 1.39 bits per heavy atom. The SMILES string of the molecule is CC(=O)NN(C(N)=O)C(=O)c1cc(Cl)ccc1F. The number of rotatable bonds is 1. The number of hydrogen-bond donors (Lipinski definition) is 2. The number of hydrazine groups is 1. The zero-order chi connectivity index (χ0) is 13.9. The molecule has 0 aliphatic heterocycles. The first-order valence-electron chi connectivity index (χ1n) is 4.69. The van der Waals surface area contributed by atoms with Crippen molar-refractivity contribution in [2.24, 2.45) is 5.73 Å². The third kappa shape index (κ3) is 3.17. The van der Waals surface area contributed by atoms with Crippen molar-refractivity contribution in [1.29, 1.82) is 0 Å². The number of nitrogens with zero attached hydrogens (tertiary/aromatic N) is 1. The minimum Gasteiger partial charge on any atom is -0.350 e. The summed E-state index contributed by atoms with van der Waals surface area (Å²) < 4.78 is 13.4. The molecule has 18 heavy (non-hydrogen) atoms. The Hall–Kier alpha value is -2.15. The van der Waals surface area contributed by atoms with Gasteiger partial charge in [0.15, 0.2) is 0 Å². The molecule has 8 heteroatoms. The minimum absolute atomic E-state index is 0.104. The molecule has 1 aromatic rings. The summed E-state index contributed by atoms with van der Waals surface area (Å²) in [6.07, 6.45) is 0. The van der Waals surface area contributed by atoms with Crippen LogP contribution in [0.3, 0.4) is 0 Å². The molecule has 1 rings (SSSR count). The zero-order valence-corrected chi connectivity index (χ0v) is 9.99. The molecule has 4 amide bonds. The highest BCUT2D eigenvalue weighted by molar-refractivity contribution is 6.31. The van der Waals surface area contributed by atoms with E-state index in [2.05, 4.69) is 0 Å². The van der Waals surface area contributed by atoms with E-state index in [0.717, 1.165) is 19.1 Å². The number of amides is 4. The molecule has 0 spiro atoms. The fraction of sp³-hybridized carbons (Fsp3) is 0.100. The number of primary amides is 1. The van der Waals surface area contributed by atoms with Crippen LogP contribution in [0.2, 0.25) is 5.02 Å². The lowest BCUT2D eigenvalue weighted by molar-refractivity contribution is -0.121. The van der Waals surface area contributed by atoms with Crippen LogP contribution in [0.1, 0.15) is 17.3 Å². The van der Waals surface area contributed by atoms with Gasteiger partial charge in [0.25, 0.3) is 5.91 Å². The van der Waals surface area contributed by atoms with Crippen molar-refractivity contribution in [1.82, 2.24) is 10.4 Å². The molecular weight excluding hydrogens is 265 g/mol. The first-order chi connectivity index (χ1) is 8.32. The van der Waals surface area contributed by atoms with Crippen LogP contribution in [0.15, 0.2) is 18.2 Å². The first kappa shape index (κ1) is 13.9. The van der Waals surface area contributed by atoms with Gasteiger partial charge in [0.1, 0.15) is 5.82 Å². The molecule has 1 aromatic carbocycles. The van der Waals surface area contributed by atoms with Crippen LogP contribution < -0.4 is 11.2 Å². The van der Waals surface area contributed by atoms with Crippen LogP contribution in [-0.2, 0) is 4.79 Å².